The van der Waals surface area contributed by atoms with Crippen LogP contribution in [0.25, 0.3) is 0 Å². The van der Waals surface area contributed by atoms with Gasteiger partial charge in [0.15, 0.2) is 0 Å². The van der Waals surface area contributed by atoms with Gasteiger partial charge in [-0.2, -0.15) is 0 Å². The summed E-state index contributed by atoms with van der Waals surface area (Å²) in [7, 11) is 0. The number of hydrogen-bond donors (Lipinski definition) is 0. The van der Waals surface area contributed by atoms with Crippen LogP contribution >= 0.6 is 0 Å². The van der Waals surface area contributed by atoms with Crippen LogP contribution in [0.5, 0.6) is 0 Å². The Labute approximate surface area is 112 Å². The summed E-state index contributed by atoms with van der Waals surface area (Å²) in [5.74, 6) is 0. The summed E-state index contributed by atoms with van der Waals surface area (Å²) >= 11 is 1.17. The van der Waals surface area contributed by atoms with Crippen LogP contribution in [0.4, 0.5) is 0 Å². The molecule has 12 heavy (non-hydrogen) atoms. The normalized spacial score (nSPS) is 10.6. The third-order valence-corrected chi connectivity index (χ3v) is 6.98. The summed E-state index contributed by atoms with van der Waals surface area (Å²) in [6, 6.07) is 0. The minimum absolute atomic E-state index is 1.11. The summed E-state index contributed by atoms with van der Waals surface area (Å²) in [6.45, 7) is 2.29. The zero-order valence-electron chi connectivity index (χ0n) is 8.77. The summed E-state index contributed by atoms with van der Waals surface area (Å²) in [6.07, 6.45) is 11.9. The van der Waals surface area contributed by atoms with E-state index < -0.39 is 0 Å². The molecule has 0 aromatic heterocycles. The molecule has 0 spiro atoms. The second-order valence-electron chi connectivity index (χ2n) is 3.47. The number of hydrogen-bond acceptors (Lipinski definition) is 0. The topological polar surface area (TPSA) is 0 Å². The Balaban J connectivity index is 2.73. The molecule has 2 heteroatoms. The van der Waals surface area contributed by atoms with Gasteiger partial charge < -0.3 is 0 Å². The van der Waals surface area contributed by atoms with E-state index in [1.54, 1.807) is 5.32 Å². The molecule has 0 aliphatic rings. The van der Waals surface area contributed by atoms with Gasteiger partial charge in [0.2, 0.25) is 0 Å². The van der Waals surface area contributed by atoms with E-state index in [0.29, 0.717) is 0 Å². The molecule has 0 aromatic carbocycles. The van der Waals surface area contributed by atoms with E-state index in [2.05, 4.69) is 6.92 Å². The molecule has 0 amide bonds. The van der Waals surface area contributed by atoms with E-state index >= 15 is 0 Å². The average molecular weight is 259 g/mol. The van der Waals surface area contributed by atoms with Crippen molar-refractivity contribution in [2.45, 2.75) is 63.6 Å². The first-order valence-corrected chi connectivity index (χ1v) is 15.0. The molecule has 0 heterocycles. The molecule has 68 valence electrons. The van der Waals surface area contributed by atoms with Crippen molar-refractivity contribution in [3.05, 3.63) is 0 Å². The molecule has 0 saturated carbocycles. The van der Waals surface area contributed by atoms with Crippen molar-refractivity contribution in [2.24, 2.45) is 0 Å². The van der Waals surface area contributed by atoms with E-state index in [-0.39, 0.29) is 0 Å². The van der Waals surface area contributed by atoms with Gasteiger partial charge in [0, 0.05) is 0 Å². The predicted molar refractivity (Wildman–Crippen MR) is 58.9 cm³/mol. The van der Waals surface area contributed by atoms with Gasteiger partial charge in [-0.15, -0.1) is 0 Å². The van der Waals surface area contributed by atoms with Crippen LogP contribution in [0.3, 0.4) is 0 Å². The van der Waals surface area contributed by atoms with Crippen LogP contribution in [0.15, 0.2) is 0 Å². The third kappa shape index (κ3) is 12.2. The zero-order valence-corrected chi connectivity index (χ0v) is 13.6. The molecule has 0 bridgehead atoms. The number of rotatable bonds is 9. The Morgan fingerprint density at radius 1 is 0.833 bits per heavy atom. The minimum atomic E-state index is 1.11. The van der Waals surface area contributed by atoms with Crippen LogP contribution in [0, 0.1) is 0 Å². The van der Waals surface area contributed by atoms with Gasteiger partial charge in [-0.05, 0) is 0 Å². The van der Waals surface area contributed by atoms with Gasteiger partial charge >= 0.3 is 115 Å². The molecule has 0 unspecified atom stereocenters. The average Bonchev–Trinajstić information content (AvgIpc) is 2.10. The Hall–Kier alpha value is 2.16. The van der Waals surface area contributed by atoms with Crippen molar-refractivity contribution in [2.75, 3.05) is 0 Å². The van der Waals surface area contributed by atoms with Gasteiger partial charge in [0.1, 0.15) is 0 Å². The second-order valence-corrected chi connectivity index (χ2v) is 10.2. The molecule has 0 N–H and O–H groups in total. The summed E-state index contributed by atoms with van der Waals surface area (Å²) in [5, 5.41) is 1.59. The van der Waals surface area contributed by atoms with Crippen molar-refractivity contribution in [3.8, 4) is 0 Å². The van der Waals surface area contributed by atoms with E-state index in [4.69, 9.17) is 0 Å². The molecule has 0 aromatic rings. The van der Waals surface area contributed by atoms with Gasteiger partial charge in [0.25, 0.3) is 0 Å². The van der Waals surface area contributed by atoms with Crippen LogP contribution in [-0.2, 0) is 0 Å². The fourth-order valence-electron chi connectivity index (χ4n) is 1.38. The first-order valence-electron chi connectivity index (χ1n) is 5.40. The monoisotopic (exact) mass is 260 g/mol. The zero-order chi connectivity index (χ0) is 9.07. The first kappa shape index (κ1) is 14.2. The molecular weight excluding hydrogens is 238 g/mol. The molecule has 0 radical (unpaired) electrons. The molecule has 0 aliphatic carbocycles. The first-order chi connectivity index (χ1) is 5.91. The van der Waals surface area contributed by atoms with E-state index in [9.17, 15) is 0 Å². The Morgan fingerprint density at radius 2 is 1.33 bits per heavy atom. The van der Waals surface area contributed by atoms with E-state index in [1.807, 2.05) is 0 Å². The summed E-state index contributed by atoms with van der Waals surface area (Å²) in [4.78, 5) is 0. The molecular formula is C10H21KSe. The quantitative estimate of drug-likeness (QED) is 0.440. The van der Waals surface area contributed by atoms with Crippen LogP contribution in [0.2, 0.25) is 5.32 Å². The summed E-state index contributed by atoms with van der Waals surface area (Å²) in [5.41, 5.74) is 1.11. The van der Waals surface area contributed by atoms with Gasteiger partial charge in [0.05, 0.1) is 0 Å². The van der Waals surface area contributed by atoms with Crippen LogP contribution in [-0.4, -0.2) is 51.0 Å². The van der Waals surface area contributed by atoms with Crippen molar-refractivity contribution in [3.63, 3.8) is 0 Å². The van der Waals surface area contributed by atoms with Gasteiger partial charge in [-0.25, -0.2) is 0 Å². The summed E-state index contributed by atoms with van der Waals surface area (Å²) < 4.78 is 0. The molecule has 0 aliphatic heterocycles. The Kier molecular flexibility index (Phi) is 15.5. The van der Waals surface area contributed by atoms with Gasteiger partial charge in [-0.1, -0.05) is 0 Å². The van der Waals surface area contributed by atoms with Crippen molar-refractivity contribution in [1.82, 2.24) is 0 Å². The Morgan fingerprint density at radius 3 is 1.83 bits per heavy atom. The molecule has 0 rings (SSSR count). The molecule has 0 nitrogen and oxygen atoms in total. The molecule has 0 fully saturated rings. The SMILES string of the molecule is CCCCCCCCCC[Se][K]. The number of unbranched alkanes of at least 4 members (excludes halogenated alkanes) is 7. The molecule has 0 saturated heterocycles. The van der Waals surface area contributed by atoms with Crippen molar-refractivity contribution in [1.29, 1.82) is 0 Å². The second kappa shape index (κ2) is 13.2. The van der Waals surface area contributed by atoms with E-state index in [0.717, 1.165) is 5.60 Å². The maximum absolute atomic E-state index is 2.29. The van der Waals surface area contributed by atoms with Crippen molar-refractivity contribution < 1.29 is 0 Å². The van der Waals surface area contributed by atoms with Crippen molar-refractivity contribution >= 4 is 51.0 Å². The van der Waals surface area contributed by atoms with Gasteiger partial charge in [-0.3, -0.25) is 0 Å². The Bertz CT molecular complexity index is 66.2. The third-order valence-electron chi connectivity index (χ3n) is 2.20. The molecule has 0 atom stereocenters. The fraction of sp³-hybridized carbons (Fsp3) is 1.00. The fourth-order valence-corrected chi connectivity index (χ4v) is 4.76. The van der Waals surface area contributed by atoms with Crippen LogP contribution < -0.4 is 0 Å². The standard InChI is InChI=1S/C10H22Se.K/c1-2-3-4-5-6-7-8-9-10-11;/h11H,2-10H2,1H3;/q;+1/p-1. The van der Waals surface area contributed by atoms with E-state index in [1.165, 1.54) is 96.7 Å². The maximum atomic E-state index is 2.29. The predicted octanol–water partition coefficient (Wildman–Crippen LogP) is 3.33. The van der Waals surface area contributed by atoms with Crippen LogP contribution in [0.1, 0.15) is 58.3 Å².